The fourth-order valence-electron chi connectivity index (χ4n) is 3.11. The van der Waals surface area contributed by atoms with Gasteiger partial charge in [0.25, 0.3) is 0 Å². The van der Waals surface area contributed by atoms with Crippen LogP contribution in [0.2, 0.25) is 0 Å². The maximum Gasteiger partial charge on any atom is 0.391 e. The normalized spacial score (nSPS) is 25.4. The number of rotatable bonds is 3. The van der Waals surface area contributed by atoms with Crippen LogP contribution in [0.4, 0.5) is 13.2 Å². The second kappa shape index (κ2) is 6.17. The fourth-order valence-corrected chi connectivity index (χ4v) is 3.11. The number of halogens is 3. The molecule has 1 saturated carbocycles. The molecule has 0 radical (unpaired) electrons. The molecule has 0 aromatic heterocycles. The quantitative estimate of drug-likeness (QED) is 0.880. The van der Waals surface area contributed by atoms with Crippen molar-refractivity contribution in [3.8, 4) is 0 Å². The molecule has 0 aliphatic heterocycles. The number of aliphatic hydroxyl groups is 1. The largest absolute Gasteiger partial charge is 0.392 e. The topological polar surface area (TPSA) is 20.2 Å². The minimum atomic E-state index is -4.12. The van der Waals surface area contributed by atoms with Gasteiger partial charge >= 0.3 is 6.18 Å². The summed E-state index contributed by atoms with van der Waals surface area (Å²) in [5.74, 6) is -1.48. The monoisotopic (exact) mass is 286 g/mol. The van der Waals surface area contributed by atoms with Crippen LogP contribution in [-0.2, 0) is 6.42 Å². The maximum atomic E-state index is 12.8. The Bertz CT molecular complexity index is 442. The van der Waals surface area contributed by atoms with Crippen LogP contribution < -0.4 is 0 Å². The van der Waals surface area contributed by atoms with Crippen molar-refractivity contribution >= 4 is 0 Å². The minimum Gasteiger partial charge on any atom is -0.392 e. The first-order valence-electron chi connectivity index (χ1n) is 7.17. The van der Waals surface area contributed by atoms with E-state index in [2.05, 4.69) is 0 Å². The number of aliphatic hydroxyl groups excluding tert-OH is 1. The zero-order valence-electron chi connectivity index (χ0n) is 11.7. The Hall–Kier alpha value is -1.03. The van der Waals surface area contributed by atoms with Gasteiger partial charge in [0.2, 0.25) is 0 Å². The molecule has 1 aromatic carbocycles. The first kappa shape index (κ1) is 15.4. The molecule has 2 rings (SSSR count). The van der Waals surface area contributed by atoms with Crippen LogP contribution >= 0.6 is 0 Å². The molecule has 0 amide bonds. The van der Waals surface area contributed by atoms with Crippen molar-refractivity contribution in [1.29, 1.82) is 0 Å². The molecular weight excluding hydrogens is 265 g/mol. The average Bonchev–Trinajstić information content (AvgIpc) is 2.40. The number of hydrogen-bond acceptors (Lipinski definition) is 1. The molecule has 1 aromatic rings. The van der Waals surface area contributed by atoms with Gasteiger partial charge in [0.1, 0.15) is 0 Å². The molecule has 1 aliphatic carbocycles. The number of hydrogen-bond donors (Lipinski definition) is 1. The molecule has 0 bridgehead atoms. The van der Waals surface area contributed by atoms with Crippen molar-refractivity contribution in [2.24, 2.45) is 11.8 Å². The lowest BCUT2D eigenvalue weighted by Gasteiger charge is -2.33. The van der Waals surface area contributed by atoms with Gasteiger partial charge < -0.3 is 5.11 Å². The smallest absolute Gasteiger partial charge is 0.391 e. The van der Waals surface area contributed by atoms with E-state index < -0.39 is 18.2 Å². The Morgan fingerprint density at radius 3 is 2.60 bits per heavy atom. The van der Waals surface area contributed by atoms with Gasteiger partial charge in [0, 0.05) is 0 Å². The van der Waals surface area contributed by atoms with Crippen LogP contribution in [0.3, 0.4) is 0 Å². The molecule has 0 heterocycles. The molecule has 0 spiro atoms. The standard InChI is InChI=1S/C16H21F3O/c1-11-5-2-3-6-12(11)10-15(20)13-7-4-8-14(9-13)16(17,18)19/h2-3,5-6,13-15,20H,4,7-10H2,1H3. The summed E-state index contributed by atoms with van der Waals surface area (Å²) in [6.07, 6.45) is -2.84. The van der Waals surface area contributed by atoms with E-state index in [1.165, 1.54) is 0 Å². The number of aryl methyl sites for hydroxylation is 1. The van der Waals surface area contributed by atoms with Gasteiger partial charge in [0.05, 0.1) is 12.0 Å². The van der Waals surface area contributed by atoms with Gasteiger partial charge in [-0.25, -0.2) is 0 Å². The number of benzene rings is 1. The highest BCUT2D eigenvalue weighted by Gasteiger charge is 2.43. The Labute approximate surface area is 117 Å². The summed E-state index contributed by atoms with van der Waals surface area (Å²) in [6, 6.07) is 7.71. The molecule has 0 saturated heterocycles. The van der Waals surface area contributed by atoms with Crippen molar-refractivity contribution in [2.45, 2.75) is 51.3 Å². The predicted octanol–water partition coefficient (Wildman–Crippen LogP) is 4.27. The van der Waals surface area contributed by atoms with Crippen LogP contribution in [0.15, 0.2) is 24.3 Å². The average molecular weight is 286 g/mol. The van der Waals surface area contributed by atoms with Crippen LogP contribution in [0.25, 0.3) is 0 Å². The van der Waals surface area contributed by atoms with Gasteiger partial charge in [-0.2, -0.15) is 13.2 Å². The van der Waals surface area contributed by atoms with E-state index in [-0.39, 0.29) is 18.8 Å². The highest BCUT2D eigenvalue weighted by atomic mass is 19.4. The lowest BCUT2D eigenvalue weighted by Crippen LogP contribution is -2.34. The maximum absolute atomic E-state index is 12.8. The zero-order valence-corrected chi connectivity index (χ0v) is 11.7. The predicted molar refractivity (Wildman–Crippen MR) is 72.4 cm³/mol. The Morgan fingerprint density at radius 1 is 1.25 bits per heavy atom. The minimum absolute atomic E-state index is 0.0660. The molecule has 1 N–H and O–H groups in total. The van der Waals surface area contributed by atoms with E-state index in [1.54, 1.807) is 0 Å². The van der Waals surface area contributed by atoms with Gasteiger partial charge in [0.15, 0.2) is 0 Å². The molecule has 20 heavy (non-hydrogen) atoms. The van der Waals surface area contributed by atoms with Crippen molar-refractivity contribution < 1.29 is 18.3 Å². The summed E-state index contributed by atoms with van der Waals surface area (Å²) in [5, 5.41) is 10.3. The van der Waals surface area contributed by atoms with Crippen LogP contribution in [-0.4, -0.2) is 17.4 Å². The Morgan fingerprint density at radius 2 is 1.95 bits per heavy atom. The van der Waals surface area contributed by atoms with E-state index in [0.717, 1.165) is 11.1 Å². The van der Waals surface area contributed by atoms with E-state index in [0.29, 0.717) is 19.3 Å². The summed E-state index contributed by atoms with van der Waals surface area (Å²) in [6.45, 7) is 1.96. The highest BCUT2D eigenvalue weighted by molar-refractivity contribution is 5.26. The lowest BCUT2D eigenvalue weighted by molar-refractivity contribution is -0.188. The van der Waals surface area contributed by atoms with Crippen molar-refractivity contribution in [3.05, 3.63) is 35.4 Å². The molecular formula is C16H21F3O. The molecule has 1 nitrogen and oxygen atoms in total. The van der Waals surface area contributed by atoms with Gasteiger partial charge in [-0.15, -0.1) is 0 Å². The van der Waals surface area contributed by atoms with Crippen LogP contribution in [0, 0.1) is 18.8 Å². The lowest BCUT2D eigenvalue weighted by atomic mass is 9.77. The summed E-state index contributed by atoms with van der Waals surface area (Å²) >= 11 is 0. The zero-order chi connectivity index (χ0) is 14.8. The molecule has 1 aliphatic rings. The molecule has 1 fully saturated rings. The third kappa shape index (κ3) is 3.75. The van der Waals surface area contributed by atoms with Crippen molar-refractivity contribution in [1.82, 2.24) is 0 Å². The number of alkyl halides is 3. The molecule has 112 valence electrons. The second-order valence-corrected chi connectivity index (χ2v) is 5.86. The third-order valence-corrected chi connectivity index (χ3v) is 4.41. The highest BCUT2D eigenvalue weighted by Crippen LogP contribution is 2.41. The Balaban J connectivity index is 1.99. The van der Waals surface area contributed by atoms with Crippen LogP contribution in [0.5, 0.6) is 0 Å². The van der Waals surface area contributed by atoms with E-state index in [9.17, 15) is 18.3 Å². The van der Waals surface area contributed by atoms with E-state index in [4.69, 9.17) is 0 Å². The second-order valence-electron chi connectivity index (χ2n) is 5.86. The van der Waals surface area contributed by atoms with Gasteiger partial charge in [-0.3, -0.25) is 0 Å². The summed E-state index contributed by atoms with van der Waals surface area (Å²) in [5.41, 5.74) is 2.10. The first-order valence-corrected chi connectivity index (χ1v) is 7.17. The van der Waals surface area contributed by atoms with Crippen molar-refractivity contribution in [3.63, 3.8) is 0 Å². The SMILES string of the molecule is Cc1ccccc1CC(O)C1CCCC(C(F)(F)F)C1. The first-order chi connectivity index (χ1) is 9.38. The third-order valence-electron chi connectivity index (χ3n) is 4.41. The van der Waals surface area contributed by atoms with Crippen molar-refractivity contribution in [2.75, 3.05) is 0 Å². The fraction of sp³-hybridized carbons (Fsp3) is 0.625. The van der Waals surface area contributed by atoms with Crippen LogP contribution in [0.1, 0.15) is 36.8 Å². The van der Waals surface area contributed by atoms with Gasteiger partial charge in [-0.05, 0) is 49.7 Å². The molecule has 3 unspecified atom stereocenters. The molecule has 3 atom stereocenters. The summed E-state index contributed by atoms with van der Waals surface area (Å²) in [7, 11) is 0. The summed E-state index contributed by atoms with van der Waals surface area (Å²) in [4.78, 5) is 0. The molecule has 4 heteroatoms. The van der Waals surface area contributed by atoms with E-state index >= 15 is 0 Å². The Kier molecular flexibility index (Phi) is 4.74. The van der Waals surface area contributed by atoms with Gasteiger partial charge in [-0.1, -0.05) is 30.7 Å². The van der Waals surface area contributed by atoms with E-state index in [1.807, 2.05) is 31.2 Å². The summed E-state index contributed by atoms with van der Waals surface area (Å²) < 4.78 is 38.4.